The van der Waals surface area contributed by atoms with Crippen LogP contribution in [-0.4, -0.2) is 13.1 Å². The minimum atomic E-state index is -0.722. The van der Waals surface area contributed by atoms with Crippen LogP contribution in [0.25, 0.3) is 0 Å². The summed E-state index contributed by atoms with van der Waals surface area (Å²) in [5, 5.41) is 0.274. The Morgan fingerprint density at radius 2 is 2.11 bits per heavy atom. The summed E-state index contributed by atoms with van der Waals surface area (Å²) in [7, 11) is 1.34. The highest BCUT2D eigenvalue weighted by atomic mass is 35.5. The van der Waals surface area contributed by atoms with Gasteiger partial charge in [0, 0.05) is 11.1 Å². The minimum absolute atomic E-state index is 0.274. The van der Waals surface area contributed by atoms with Crippen molar-refractivity contribution in [1.29, 1.82) is 0 Å². The van der Waals surface area contributed by atoms with Gasteiger partial charge in [0.2, 0.25) is 0 Å². The normalized spacial score (nSPS) is 13.2. The Morgan fingerprint density at radius 3 is 2.63 bits per heavy atom. The number of nitrogens with two attached hydrogens (primary N) is 1. The third kappa shape index (κ3) is 3.67. The summed E-state index contributed by atoms with van der Waals surface area (Å²) in [4.78, 5) is 11.6. The molecule has 1 unspecified atom stereocenters. The molecule has 0 aromatic heterocycles. The first kappa shape index (κ1) is 15.9. The van der Waals surface area contributed by atoms with Crippen molar-refractivity contribution in [1.82, 2.24) is 0 Å². The van der Waals surface area contributed by atoms with Crippen molar-refractivity contribution in [3.05, 3.63) is 34.1 Å². The summed E-state index contributed by atoms with van der Waals surface area (Å²) in [6.07, 6.45) is 0.366. The lowest BCUT2D eigenvalue weighted by atomic mass is 9.83. The molecule has 2 N–H and O–H groups in total. The van der Waals surface area contributed by atoms with E-state index in [9.17, 15) is 9.18 Å². The van der Waals surface area contributed by atoms with Gasteiger partial charge in [0.05, 0.1) is 12.5 Å². The van der Waals surface area contributed by atoms with Crippen molar-refractivity contribution in [2.75, 3.05) is 7.11 Å². The first-order chi connectivity index (χ1) is 8.69. The fourth-order valence-electron chi connectivity index (χ4n) is 1.98. The monoisotopic (exact) mass is 287 g/mol. The second kappa shape index (κ2) is 5.88. The van der Waals surface area contributed by atoms with Gasteiger partial charge in [0.25, 0.3) is 0 Å². The topological polar surface area (TPSA) is 52.3 Å². The Labute approximate surface area is 117 Å². The van der Waals surface area contributed by atoms with Crippen LogP contribution >= 0.6 is 11.6 Å². The van der Waals surface area contributed by atoms with Crippen molar-refractivity contribution in [2.24, 2.45) is 11.1 Å². The summed E-state index contributed by atoms with van der Waals surface area (Å²) in [6.45, 7) is 5.15. The first-order valence-corrected chi connectivity index (χ1v) is 6.36. The van der Waals surface area contributed by atoms with E-state index in [4.69, 9.17) is 22.1 Å². The number of aryl methyl sites for hydroxylation is 1. The Bertz CT molecular complexity index is 489. The molecule has 0 fully saturated rings. The summed E-state index contributed by atoms with van der Waals surface area (Å²) in [5.74, 6) is -0.703. The Morgan fingerprint density at radius 1 is 1.53 bits per heavy atom. The van der Waals surface area contributed by atoms with E-state index in [2.05, 4.69) is 0 Å². The number of hydrogen-bond donors (Lipinski definition) is 1. The molecule has 0 saturated carbocycles. The second-order valence-corrected chi connectivity index (χ2v) is 5.72. The standard InChI is InChI=1S/C14H19ClFNO2/c1-8-5-9(10(15)6-11(8)16)12(17)7-14(2,3)13(18)19-4/h5-6,12H,7,17H2,1-4H3. The summed E-state index contributed by atoms with van der Waals surface area (Å²) < 4.78 is 18.1. The zero-order valence-corrected chi connectivity index (χ0v) is 12.3. The number of ether oxygens (including phenoxy) is 1. The Kier molecular flexibility index (Phi) is 4.93. The van der Waals surface area contributed by atoms with Gasteiger partial charge < -0.3 is 10.5 Å². The van der Waals surface area contributed by atoms with Crippen molar-refractivity contribution in [3.8, 4) is 0 Å². The molecule has 0 saturated heterocycles. The lowest BCUT2D eigenvalue weighted by Crippen LogP contribution is -2.30. The smallest absolute Gasteiger partial charge is 0.311 e. The number of carbonyl (C=O) groups excluding carboxylic acids is 1. The predicted octanol–water partition coefficient (Wildman–Crippen LogP) is 3.38. The van der Waals surface area contributed by atoms with E-state index in [1.807, 2.05) is 0 Å². The Balaban J connectivity index is 2.99. The zero-order valence-electron chi connectivity index (χ0n) is 11.6. The molecule has 0 bridgehead atoms. The summed E-state index contributed by atoms with van der Waals surface area (Å²) in [5.41, 5.74) is 6.47. The van der Waals surface area contributed by atoms with Gasteiger partial charge in [-0.05, 0) is 44.4 Å². The lowest BCUT2D eigenvalue weighted by molar-refractivity contribution is -0.151. The van der Waals surface area contributed by atoms with Crippen LogP contribution in [0.4, 0.5) is 4.39 Å². The number of esters is 1. The lowest BCUT2D eigenvalue weighted by Gasteiger charge is -2.26. The predicted molar refractivity (Wildman–Crippen MR) is 73.5 cm³/mol. The van der Waals surface area contributed by atoms with Crippen LogP contribution < -0.4 is 5.73 Å². The van der Waals surface area contributed by atoms with Gasteiger partial charge in [-0.15, -0.1) is 0 Å². The highest BCUT2D eigenvalue weighted by Gasteiger charge is 2.32. The average molecular weight is 288 g/mol. The molecular weight excluding hydrogens is 269 g/mol. The molecule has 0 amide bonds. The van der Waals surface area contributed by atoms with Crippen LogP contribution in [0.2, 0.25) is 5.02 Å². The largest absolute Gasteiger partial charge is 0.469 e. The van der Waals surface area contributed by atoms with Crippen molar-refractivity contribution in [3.63, 3.8) is 0 Å². The molecule has 1 rings (SSSR count). The molecule has 0 spiro atoms. The molecule has 0 radical (unpaired) electrons. The van der Waals surface area contributed by atoms with Crippen molar-refractivity contribution in [2.45, 2.75) is 33.2 Å². The first-order valence-electron chi connectivity index (χ1n) is 5.98. The van der Waals surface area contributed by atoms with Crippen molar-refractivity contribution < 1.29 is 13.9 Å². The third-order valence-electron chi connectivity index (χ3n) is 3.15. The van der Waals surface area contributed by atoms with Crippen LogP contribution in [-0.2, 0) is 9.53 Å². The van der Waals surface area contributed by atoms with E-state index in [0.717, 1.165) is 0 Å². The molecule has 19 heavy (non-hydrogen) atoms. The van der Waals surface area contributed by atoms with Crippen LogP contribution in [0.3, 0.4) is 0 Å². The molecule has 5 heteroatoms. The van der Waals surface area contributed by atoms with Gasteiger partial charge in [0.15, 0.2) is 0 Å². The number of halogens is 2. The summed E-state index contributed by atoms with van der Waals surface area (Å²) >= 11 is 6.00. The average Bonchev–Trinajstić information content (AvgIpc) is 2.31. The molecule has 0 aliphatic rings. The highest BCUT2D eigenvalue weighted by molar-refractivity contribution is 6.31. The highest BCUT2D eigenvalue weighted by Crippen LogP contribution is 2.33. The third-order valence-corrected chi connectivity index (χ3v) is 3.47. The number of methoxy groups -OCH3 is 1. The molecule has 106 valence electrons. The number of rotatable bonds is 4. The Hall–Kier alpha value is -1.13. The molecule has 3 nitrogen and oxygen atoms in total. The van der Waals surface area contributed by atoms with E-state index in [0.29, 0.717) is 17.5 Å². The quantitative estimate of drug-likeness (QED) is 0.864. The fraction of sp³-hybridized carbons (Fsp3) is 0.500. The maximum Gasteiger partial charge on any atom is 0.311 e. The summed E-state index contributed by atoms with van der Waals surface area (Å²) in [6, 6.07) is 2.41. The maximum absolute atomic E-state index is 13.3. The van der Waals surface area contributed by atoms with E-state index in [-0.39, 0.29) is 16.8 Å². The molecular formula is C14H19ClFNO2. The van der Waals surface area contributed by atoms with Crippen LogP contribution in [0.1, 0.15) is 37.4 Å². The van der Waals surface area contributed by atoms with Crippen LogP contribution in [0, 0.1) is 18.2 Å². The van der Waals surface area contributed by atoms with E-state index < -0.39 is 11.5 Å². The maximum atomic E-state index is 13.3. The van der Waals surface area contributed by atoms with Gasteiger partial charge in [-0.3, -0.25) is 4.79 Å². The van der Waals surface area contributed by atoms with E-state index >= 15 is 0 Å². The van der Waals surface area contributed by atoms with E-state index in [1.54, 1.807) is 26.8 Å². The van der Waals surface area contributed by atoms with Gasteiger partial charge in [-0.1, -0.05) is 17.7 Å². The number of hydrogen-bond acceptors (Lipinski definition) is 3. The molecule has 1 atom stereocenters. The zero-order chi connectivity index (χ0) is 14.8. The second-order valence-electron chi connectivity index (χ2n) is 5.31. The molecule has 1 aromatic rings. The van der Waals surface area contributed by atoms with Gasteiger partial charge >= 0.3 is 5.97 Å². The SMILES string of the molecule is COC(=O)C(C)(C)CC(N)c1cc(C)c(F)cc1Cl. The van der Waals surface area contributed by atoms with Crippen molar-refractivity contribution >= 4 is 17.6 Å². The van der Waals surface area contributed by atoms with Gasteiger partial charge in [-0.25, -0.2) is 4.39 Å². The molecule has 1 aromatic carbocycles. The van der Waals surface area contributed by atoms with Crippen LogP contribution in [0.15, 0.2) is 12.1 Å². The number of benzene rings is 1. The molecule has 0 heterocycles. The van der Waals surface area contributed by atoms with Gasteiger partial charge in [0.1, 0.15) is 5.82 Å². The molecule has 0 aliphatic heterocycles. The van der Waals surface area contributed by atoms with Crippen LogP contribution in [0.5, 0.6) is 0 Å². The molecule has 0 aliphatic carbocycles. The van der Waals surface area contributed by atoms with Gasteiger partial charge in [-0.2, -0.15) is 0 Å². The fourth-order valence-corrected chi connectivity index (χ4v) is 2.27. The number of carbonyl (C=O) groups is 1. The van der Waals surface area contributed by atoms with E-state index in [1.165, 1.54) is 13.2 Å². The minimum Gasteiger partial charge on any atom is -0.469 e.